The first-order valence-electron chi connectivity index (χ1n) is 6.42. The van der Waals surface area contributed by atoms with E-state index >= 15 is 0 Å². The maximum atomic E-state index is 10.1. The zero-order chi connectivity index (χ0) is 12.2. The van der Waals surface area contributed by atoms with Crippen LogP contribution in [0, 0.1) is 11.3 Å². The summed E-state index contributed by atoms with van der Waals surface area (Å²) in [6, 6.07) is 0.465. The van der Waals surface area contributed by atoms with Crippen LogP contribution in [0.25, 0.3) is 0 Å². The Balaban J connectivity index is 2.34. The van der Waals surface area contributed by atoms with Crippen molar-refractivity contribution in [1.82, 2.24) is 5.32 Å². The number of nitrogens with one attached hydrogen (secondary N) is 1. The van der Waals surface area contributed by atoms with Crippen LogP contribution < -0.4 is 5.32 Å². The van der Waals surface area contributed by atoms with Crippen molar-refractivity contribution in [2.24, 2.45) is 11.3 Å². The molecule has 2 atom stereocenters. The van der Waals surface area contributed by atoms with E-state index in [1.165, 1.54) is 6.42 Å². The van der Waals surface area contributed by atoms with E-state index in [1.807, 2.05) is 0 Å². The standard InChI is InChI=1S/C13H27NO2/c1-10(2)12(15)13(3,4)9-14-11-6-5-7-16-8-11/h10-12,14-15H,5-9H2,1-4H3. The molecule has 2 N–H and O–H groups in total. The Hall–Kier alpha value is -0.120. The van der Waals surface area contributed by atoms with Crippen LogP contribution in [-0.4, -0.2) is 37.0 Å². The fraction of sp³-hybridized carbons (Fsp3) is 1.00. The predicted molar refractivity (Wildman–Crippen MR) is 66.5 cm³/mol. The molecule has 0 aromatic rings. The molecular formula is C13H27NO2. The van der Waals surface area contributed by atoms with Gasteiger partial charge in [0, 0.05) is 24.6 Å². The third-order valence-corrected chi connectivity index (χ3v) is 3.44. The molecule has 0 bridgehead atoms. The number of aliphatic hydroxyl groups is 1. The normalized spacial score (nSPS) is 24.8. The van der Waals surface area contributed by atoms with Crippen LogP contribution in [0.4, 0.5) is 0 Å². The molecule has 2 unspecified atom stereocenters. The van der Waals surface area contributed by atoms with Gasteiger partial charge in [-0.3, -0.25) is 0 Å². The molecule has 96 valence electrons. The van der Waals surface area contributed by atoms with Crippen molar-refractivity contribution >= 4 is 0 Å². The van der Waals surface area contributed by atoms with Crippen molar-refractivity contribution in [3.8, 4) is 0 Å². The van der Waals surface area contributed by atoms with Crippen LogP contribution in [0.5, 0.6) is 0 Å². The SMILES string of the molecule is CC(C)C(O)C(C)(C)CNC1CCCOC1. The van der Waals surface area contributed by atoms with E-state index in [1.54, 1.807) is 0 Å². The van der Waals surface area contributed by atoms with E-state index in [2.05, 4.69) is 33.0 Å². The van der Waals surface area contributed by atoms with Crippen molar-refractivity contribution in [3.05, 3.63) is 0 Å². The predicted octanol–water partition coefficient (Wildman–Crippen LogP) is 1.80. The van der Waals surface area contributed by atoms with Crippen molar-refractivity contribution in [1.29, 1.82) is 0 Å². The van der Waals surface area contributed by atoms with Gasteiger partial charge in [-0.15, -0.1) is 0 Å². The molecule has 3 heteroatoms. The lowest BCUT2D eigenvalue weighted by Crippen LogP contribution is -2.47. The molecule has 1 saturated heterocycles. The smallest absolute Gasteiger partial charge is 0.0626 e. The van der Waals surface area contributed by atoms with Crippen molar-refractivity contribution in [3.63, 3.8) is 0 Å². The average molecular weight is 229 g/mol. The van der Waals surface area contributed by atoms with Crippen molar-refractivity contribution < 1.29 is 9.84 Å². The molecule has 1 fully saturated rings. The lowest BCUT2D eigenvalue weighted by Gasteiger charge is -2.35. The van der Waals surface area contributed by atoms with Gasteiger partial charge in [-0.2, -0.15) is 0 Å². The summed E-state index contributed by atoms with van der Waals surface area (Å²) in [6.07, 6.45) is 2.07. The Morgan fingerprint density at radius 1 is 1.44 bits per heavy atom. The first-order chi connectivity index (χ1) is 7.43. The van der Waals surface area contributed by atoms with Gasteiger partial charge in [0.15, 0.2) is 0 Å². The van der Waals surface area contributed by atoms with Gasteiger partial charge >= 0.3 is 0 Å². The summed E-state index contributed by atoms with van der Waals surface area (Å²) in [5, 5.41) is 13.6. The molecule has 16 heavy (non-hydrogen) atoms. The first kappa shape index (κ1) is 13.9. The lowest BCUT2D eigenvalue weighted by atomic mass is 9.80. The molecule has 0 saturated carbocycles. The Bertz CT molecular complexity index is 198. The van der Waals surface area contributed by atoms with Gasteiger partial charge in [-0.05, 0) is 18.8 Å². The van der Waals surface area contributed by atoms with Crippen LogP contribution >= 0.6 is 0 Å². The van der Waals surface area contributed by atoms with Gasteiger partial charge in [0.1, 0.15) is 0 Å². The fourth-order valence-electron chi connectivity index (χ4n) is 2.32. The minimum absolute atomic E-state index is 0.0778. The summed E-state index contributed by atoms with van der Waals surface area (Å²) in [4.78, 5) is 0. The second-order valence-corrected chi connectivity index (χ2v) is 5.97. The highest BCUT2D eigenvalue weighted by atomic mass is 16.5. The molecule has 1 rings (SSSR count). The molecule has 1 aliphatic rings. The van der Waals surface area contributed by atoms with E-state index in [4.69, 9.17) is 4.74 Å². The molecule has 0 aliphatic carbocycles. The molecular weight excluding hydrogens is 202 g/mol. The Morgan fingerprint density at radius 3 is 2.62 bits per heavy atom. The topological polar surface area (TPSA) is 41.5 Å². The van der Waals surface area contributed by atoms with Gasteiger partial charge in [-0.25, -0.2) is 0 Å². The number of rotatable bonds is 5. The maximum absolute atomic E-state index is 10.1. The Morgan fingerprint density at radius 2 is 2.12 bits per heavy atom. The van der Waals surface area contributed by atoms with Crippen LogP contribution in [0.3, 0.4) is 0 Å². The van der Waals surface area contributed by atoms with Gasteiger partial charge in [0.2, 0.25) is 0 Å². The highest BCUT2D eigenvalue weighted by Gasteiger charge is 2.30. The quantitative estimate of drug-likeness (QED) is 0.755. The van der Waals surface area contributed by atoms with Crippen molar-refractivity contribution in [2.45, 2.75) is 52.7 Å². The summed E-state index contributed by atoms with van der Waals surface area (Å²) >= 11 is 0. The summed E-state index contributed by atoms with van der Waals surface area (Å²) in [7, 11) is 0. The van der Waals surface area contributed by atoms with Gasteiger partial charge in [0.25, 0.3) is 0 Å². The first-order valence-corrected chi connectivity index (χ1v) is 6.42. The van der Waals surface area contributed by atoms with E-state index in [9.17, 15) is 5.11 Å². The minimum atomic E-state index is -0.260. The molecule has 0 radical (unpaired) electrons. The number of aliphatic hydroxyl groups excluding tert-OH is 1. The maximum Gasteiger partial charge on any atom is 0.0626 e. The van der Waals surface area contributed by atoms with Crippen LogP contribution in [0.1, 0.15) is 40.5 Å². The van der Waals surface area contributed by atoms with Crippen molar-refractivity contribution in [2.75, 3.05) is 19.8 Å². The molecule has 0 spiro atoms. The van der Waals surface area contributed by atoms with Gasteiger partial charge in [0.05, 0.1) is 12.7 Å². The highest BCUT2D eigenvalue weighted by molar-refractivity contribution is 4.84. The van der Waals surface area contributed by atoms with Gasteiger partial charge in [-0.1, -0.05) is 27.7 Å². The molecule has 3 nitrogen and oxygen atoms in total. The van der Waals surface area contributed by atoms with Gasteiger partial charge < -0.3 is 15.2 Å². The fourth-order valence-corrected chi connectivity index (χ4v) is 2.32. The summed E-state index contributed by atoms with van der Waals surface area (Å²) in [5.74, 6) is 0.305. The molecule has 1 heterocycles. The average Bonchev–Trinajstić information content (AvgIpc) is 2.27. The summed E-state index contributed by atoms with van der Waals surface area (Å²) in [5.41, 5.74) is -0.0778. The zero-order valence-corrected chi connectivity index (χ0v) is 11.1. The monoisotopic (exact) mass is 229 g/mol. The molecule has 0 aromatic carbocycles. The second kappa shape index (κ2) is 5.99. The minimum Gasteiger partial charge on any atom is -0.392 e. The third-order valence-electron chi connectivity index (χ3n) is 3.44. The van der Waals surface area contributed by atoms with Crippen LogP contribution in [0.15, 0.2) is 0 Å². The zero-order valence-electron chi connectivity index (χ0n) is 11.1. The summed E-state index contributed by atoms with van der Waals surface area (Å²) < 4.78 is 5.43. The third kappa shape index (κ3) is 4.04. The van der Waals surface area contributed by atoms with Crippen LogP contribution in [-0.2, 0) is 4.74 Å². The summed E-state index contributed by atoms with van der Waals surface area (Å²) in [6.45, 7) is 10.9. The Labute approximate surface area is 99.6 Å². The van der Waals surface area contributed by atoms with E-state index in [0.29, 0.717) is 12.0 Å². The number of ether oxygens (including phenoxy) is 1. The van der Waals surface area contributed by atoms with E-state index in [-0.39, 0.29) is 11.5 Å². The van der Waals surface area contributed by atoms with E-state index < -0.39 is 0 Å². The number of hydrogen-bond acceptors (Lipinski definition) is 3. The van der Waals surface area contributed by atoms with Crippen LogP contribution in [0.2, 0.25) is 0 Å². The highest BCUT2D eigenvalue weighted by Crippen LogP contribution is 2.25. The molecule has 0 amide bonds. The largest absolute Gasteiger partial charge is 0.392 e. The Kier molecular flexibility index (Phi) is 5.22. The van der Waals surface area contributed by atoms with E-state index in [0.717, 1.165) is 26.2 Å². The molecule has 0 aromatic heterocycles. The molecule has 1 aliphatic heterocycles. The second-order valence-electron chi connectivity index (χ2n) is 5.97. The number of hydrogen-bond donors (Lipinski definition) is 2. The lowest BCUT2D eigenvalue weighted by molar-refractivity contribution is 0.00556.